The summed E-state index contributed by atoms with van der Waals surface area (Å²) in [6.45, 7) is -0.874. The number of anilines is 1. The van der Waals surface area contributed by atoms with Crippen molar-refractivity contribution in [3.05, 3.63) is 65.9 Å². The smallest absolute Gasteiger partial charge is 0.368 e. The van der Waals surface area contributed by atoms with Crippen molar-refractivity contribution in [2.45, 2.75) is 37.2 Å². The minimum atomic E-state index is -4.89. The molecule has 7 nitrogen and oxygen atoms in total. The molecule has 0 aliphatic carbocycles. The number of halogens is 8. The zero-order chi connectivity index (χ0) is 27.7. The highest BCUT2D eigenvalue weighted by Gasteiger charge is 2.43. The zero-order valence-electron chi connectivity index (χ0n) is 19.2. The fourth-order valence-electron chi connectivity index (χ4n) is 3.90. The van der Waals surface area contributed by atoms with Gasteiger partial charge in [0, 0.05) is 44.5 Å². The topological polar surface area (TPSA) is 83.9 Å². The minimum Gasteiger partial charge on any atom is -0.368 e. The standard InChI is InChI=1S/C23H18F8N6O/c24-21(25)6-9-37(14(10-21)12-35-17-5-2-13(11-34-17)22(26,27)28)20(38)18-15(19-32-7-1-8-33-19)3-4-16(36-18)23(29,30)31/h1-5,7-8,11,14H,6,9-10,12H2,(H,34,35). The second-order valence-corrected chi connectivity index (χ2v) is 8.44. The first-order valence-corrected chi connectivity index (χ1v) is 11.1. The van der Waals surface area contributed by atoms with E-state index in [1.165, 1.54) is 18.5 Å². The maximum Gasteiger partial charge on any atom is 0.433 e. The molecule has 1 aliphatic rings. The van der Waals surface area contributed by atoms with Crippen LogP contribution in [-0.2, 0) is 12.4 Å². The van der Waals surface area contributed by atoms with E-state index in [1.54, 1.807) is 0 Å². The Kier molecular flexibility index (Phi) is 7.21. The Morgan fingerprint density at radius 3 is 2.32 bits per heavy atom. The van der Waals surface area contributed by atoms with Crippen molar-refractivity contribution < 1.29 is 39.9 Å². The van der Waals surface area contributed by atoms with Gasteiger partial charge in [0.05, 0.1) is 17.2 Å². The van der Waals surface area contributed by atoms with Crippen molar-refractivity contribution in [2.24, 2.45) is 0 Å². The molecular formula is C23H18F8N6O. The number of hydrogen-bond acceptors (Lipinski definition) is 6. The summed E-state index contributed by atoms with van der Waals surface area (Å²) >= 11 is 0. The fourth-order valence-corrected chi connectivity index (χ4v) is 3.90. The average Bonchev–Trinajstić information content (AvgIpc) is 2.86. The number of amides is 1. The lowest BCUT2D eigenvalue weighted by molar-refractivity contribution is -0.141. The normalized spacial score (nSPS) is 17.8. The van der Waals surface area contributed by atoms with Crippen LogP contribution in [0.25, 0.3) is 11.4 Å². The Balaban J connectivity index is 1.64. The zero-order valence-corrected chi connectivity index (χ0v) is 19.2. The molecule has 1 fully saturated rings. The lowest BCUT2D eigenvalue weighted by Crippen LogP contribution is -2.52. The summed E-state index contributed by atoms with van der Waals surface area (Å²) in [4.78, 5) is 29.4. The molecule has 0 spiro atoms. The molecule has 0 radical (unpaired) electrons. The number of hydrogen-bond donors (Lipinski definition) is 1. The van der Waals surface area contributed by atoms with Crippen molar-refractivity contribution in [3.8, 4) is 11.4 Å². The van der Waals surface area contributed by atoms with E-state index in [-0.39, 0.29) is 23.8 Å². The van der Waals surface area contributed by atoms with E-state index in [2.05, 4.69) is 25.3 Å². The van der Waals surface area contributed by atoms with Crippen LogP contribution < -0.4 is 5.32 Å². The second-order valence-electron chi connectivity index (χ2n) is 8.44. The molecular weight excluding hydrogens is 528 g/mol. The SMILES string of the molecule is O=C(c1nc(C(F)(F)F)ccc1-c1ncccn1)N1CCC(F)(F)CC1CNc1ccc(C(F)(F)F)cn1. The Morgan fingerprint density at radius 2 is 1.71 bits per heavy atom. The van der Waals surface area contributed by atoms with Crippen molar-refractivity contribution >= 4 is 11.7 Å². The molecule has 3 aromatic rings. The lowest BCUT2D eigenvalue weighted by Gasteiger charge is -2.39. The summed E-state index contributed by atoms with van der Waals surface area (Å²) in [6, 6.07) is 3.57. The summed E-state index contributed by atoms with van der Waals surface area (Å²) in [7, 11) is 0. The predicted molar refractivity (Wildman–Crippen MR) is 117 cm³/mol. The van der Waals surface area contributed by atoms with Gasteiger partial charge >= 0.3 is 12.4 Å². The van der Waals surface area contributed by atoms with Gasteiger partial charge < -0.3 is 10.2 Å². The summed E-state index contributed by atoms with van der Waals surface area (Å²) in [5.41, 5.74) is -3.19. The van der Waals surface area contributed by atoms with Crippen LogP contribution in [0, 0.1) is 0 Å². The molecule has 1 saturated heterocycles. The van der Waals surface area contributed by atoms with E-state index in [0.717, 1.165) is 23.1 Å². The summed E-state index contributed by atoms with van der Waals surface area (Å²) in [5.74, 6) is -4.41. The van der Waals surface area contributed by atoms with E-state index in [0.29, 0.717) is 12.3 Å². The van der Waals surface area contributed by atoms with Crippen LogP contribution in [0.5, 0.6) is 0 Å². The third-order valence-corrected chi connectivity index (χ3v) is 5.76. The highest BCUT2D eigenvalue weighted by Crippen LogP contribution is 2.35. The van der Waals surface area contributed by atoms with Crippen molar-refractivity contribution in [3.63, 3.8) is 0 Å². The average molecular weight is 546 g/mol. The van der Waals surface area contributed by atoms with Crippen molar-refractivity contribution in [2.75, 3.05) is 18.4 Å². The maximum absolute atomic E-state index is 14.3. The number of nitrogens with zero attached hydrogens (tertiary/aromatic N) is 5. The van der Waals surface area contributed by atoms with E-state index in [4.69, 9.17) is 0 Å². The molecule has 3 aromatic heterocycles. The molecule has 38 heavy (non-hydrogen) atoms. The van der Waals surface area contributed by atoms with Crippen molar-refractivity contribution in [1.82, 2.24) is 24.8 Å². The van der Waals surface area contributed by atoms with Gasteiger partial charge in [0.25, 0.3) is 11.8 Å². The molecule has 1 N–H and O–H groups in total. The van der Waals surface area contributed by atoms with Crippen LogP contribution in [0.1, 0.15) is 34.6 Å². The number of aromatic nitrogens is 4. The van der Waals surface area contributed by atoms with Crippen LogP contribution in [-0.4, -0.2) is 55.8 Å². The maximum atomic E-state index is 14.3. The number of pyridine rings is 2. The molecule has 1 atom stereocenters. The number of likely N-dealkylation sites (tertiary alicyclic amines) is 1. The molecule has 1 aliphatic heterocycles. The number of carbonyl (C=O) groups excluding carboxylic acids is 1. The molecule has 202 valence electrons. The number of alkyl halides is 8. The molecule has 4 heterocycles. The van der Waals surface area contributed by atoms with Gasteiger partial charge in [-0.25, -0.2) is 28.7 Å². The molecule has 0 bridgehead atoms. The van der Waals surface area contributed by atoms with Crippen LogP contribution in [0.2, 0.25) is 0 Å². The highest BCUT2D eigenvalue weighted by atomic mass is 19.4. The molecule has 0 saturated carbocycles. The molecule has 0 aromatic carbocycles. The summed E-state index contributed by atoms with van der Waals surface area (Å²) in [6.07, 6.45) is -7.95. The minimum absolute atomic E-state index is 0.0742. The quantitative estimate of drug-likeness (QED) is 0.436. The van der Waals surface area contributed by atoms with Crippen LogP contribution in [0.15, 0.2) is 48.9 Å². The van der Waals surface area contributed by atoms with Crippen molar-refractivity contribution in [1.29, 1.82) is 0 Å². The Hall–Kier alpha value is -3.91. The fraction of sp³-hybridized carbons (Fsp3) is 0.348. The number of carbonyl (C=O) groups is 1. The largest absolute Gasteiger partial charge is 0.433 e. The number of nitrogens with one attached hydrogen (secondary N) is 1. The first kappa shape index (κ1) is 27.1. The van der Waals surface area contributed by atoms with E-state index in [9.17, 15) is 39.9 Å². The van der Waals surface area contributed by atoms with Gasteiger partial charge in [-0.05, 0) is 30.3 Å². The van der Waals surface area contributed by atoms with Gasteiger partial charge in [-0.2, -0.15) is 26.3 Å². The predicted octanol–water partition coefficient (Wildman–Crippen LogP) is 5.32. The van der Waals surface area contributed by atoms with E-state index < -0.39 is 66.6 Å². The van der Waals surface area contributed by atoms with Gasteiger partial charge in [-0.3, -0.25) is 4.79 Å². The Bertz CT molecular complexity index is 1280. The van der Waals surface area contributed by atoms with E-state index >= 15 is 0 Å². The van der Waals surface area contributed by atoms with Gasteiger partial charge in [0.1, 0.15) is 17.2 Å². The van der Waals surface area contributed by atoms with Gasteiger partial charge in [0.2, 0.25) is 0 Å². The first-order valence-electron chi connectivity index (χ1n) is 11.1. The van der Waals surface area contributed by atoms with Gasteiger partial charge in [0.15, 0.2) is 5.82 Å². The van der Waals surface area contributed by atoms with Crippen LogP contribution in [0.3, 0.4) is 0 Å². The Morgan fingerprint density at radius 1 is 1.00 bits per heavy atom. The molecule has 4 rings (SSSR count). The second kappa shape index (κ2) is 10.1. The monoisotopic (exact) mass is 546 g/mol. The summed E-state index contributed by atoms with van der Waals surface area (Å²) in [5, 5.41) is 2.62. The Labute approximate surface area is 209 Å². The highest BCUT2D eigenvalue weighted by molar-refractivity contribution is 5.98. The number of piperidine rings is 1. The lowest BCUT2D eigenvalue weighted by atomic mass is 9.97. The molecule has 1 unspecified atom stereocenters. The third kappa shape index (κ3) is 6.14. The van der Waals surface area contributed by atoms with Gasteiger partial charge in [-0.1, -0.05) is 0 Å². The molecule has 1 amide bonds. The third-order valence-electron chi connectivity index (χ3n) is 5.76. The first-order chi connectivity index (χ1) is 17.7. The summed E-state index contributed by atoms with van der Waals surface area (Å²) < 4.78 is 107. The van der Waals surface area contributed by atoms with Crippen LogP contribution >= 0.6 is 0 Å². The van der Waals surface area contributed by atoms with Gasteiger partial charge in [-0.15, -0.1) is 0 Å². The molecule has 15 heteroatoms. The van der Waals surface area contributed by atoms with Crippen LogP contribution in [0.4, 0.5) is 40.9 Å². The number of rotatable bonds is 5. The van der Waals surface area contributed by atoms with E-state index in [1.807, 2.05) is 0 Å².